The predicted octanol–water partition coefficient (Wildman–Crippen LogP) is 6.29. The summed E-state index contributed by atoms with van der Waals surface area (Å²) in [4.78, 5) is 2.13. The van der Waals surface area contributed by atoms with E-state index < -0.39 is 0 Å². The van der Waals surface area contributed by atoms with Gasteiger partial charge < -0.3 is 4.90 Å². The summed E-state index contributed by atoms with van der Waals surface area (Å²) >= 11 is 18.1. The molecule has 1 aliphatic heterocycles. The normalized spacial score (nSPS) is 13.9. The van der Waals surface area contributed by atoms with Crippen LogP contribution in [0.15, 0.2) is 77.9 Å². The molecular formula is C20H14Cl3N3. The van der Waals surface area contributed by atoms with Gasteiger partial charge in [-0.05, 0) is 72.8 Å². The second-order valence-electron chi connectivity index (χ2n) is 5.85. The molecule has 0 bridgehead atoms. The summed E-state index contributed by atoms with van der Waals surface area (Å²) in [5.41, 5.74) is 2.97. The van der Waals surface area contributed by atoms with E-state index in [1.54, 1.807) is 0 Å². The Balaban J connectivity index is 1.74. The fourth-order valence-electron chi connectivity index (χ4n) is 2.79. The second kappa shape index (κ2) is 7.20. The van der Waals surface area contributed by atoms with Crippen molar-refractivity contribution in [2.24, 2.45) is 5.10 Å². The van der Waals surface area contributed by atoms with E-state index in [1.165, 1.54) is 0 Å². The van der Waals surface area contributed by atoms with Crippen molar-refractivity contribution in [2.45, 2.75) is 0 Å². The van der Waals surface area contributed by atoms with Crippen LogP contribution in [0.3, 0.4) is 0 Å². The van der Waals surface area contributed by atoms with Gasteiger partial charge in [-0.25, -0.2) is 5.01 Å². The molecule has 26 heavy (non-hydrogen) atoms. The first-order valence-corrected chi connectivity index (χ1v) is 9.14. The lowest BCUT2D eigenvalue weighted by molar-refractivity contribution is 0.912. The van der Waals surface area contributed by atoms with Crippen molar-refractivity contribution < 1.29 is 0 Å². The lowest BCUT2D eigenvalue weighted by Crippen LogP contribution is -2.31. The third-order valence-electron chi connectivity index (χ3n) is 4.11. The van der Waals surface area contributed by atoms with Gasteiger partial charge in [-0.2, -0.15) is 5.10 Å². The average molecular weight is 403 g/mol. The zero-order chi connectivity index (χ0) is 18.1. The summed E-state index contributed by atoms with van der Waals surface area (Å²) in [5.74, 6) is 0.846. The summed E-state index contributed by atoms with van der Waals surface area (Å²) in [6.45, 7) is 0.585. The lowest BCUT2D eigenvalue weighted by Gasteiger charge is -2.21. The van der Waals surface area contributed by atoms with Crippen molar-refractivity contribution in [3.05, 3.63) is 93.4 Å². The van der Waals surface area contributed by atoms with Gasteiger partial charge in [0.15, 0.2) is 5.84 Å². The van der Waals surface area contributed by atoms with Crippen LogP contribution in [0.1, 0.15) is 5.56 Å². The Morgan fingerprint density at radius 2 is 1.08 bits per heavy atom. The van der Waals surface area contributed by atoms with Crippen LogP contribution >= 0.6 is 34.8 Å². The summed E-state index contributed by atoms with van der Waals surface area (Å²) < 4.78 is 0. The van der Waals surface area contributed by atoms with Gasteiger partial charge in [0.2, 0.25) is 0 Å². The topological polar surface area (TPSA) is 18.8 Å². The number of anilines is 2. The van der Waals surface area contributed by atoms with Crippen LogP contribution in [-0.2, 0) is 0 Å². The maximum absolute atomic E-state index is 6.04. The molecule has 6 heteroatoms. The Labute approximate surface area is 167 Å². The highest BCUT2D eigenvalue weighted by Gasteiger charge is 2.26. The molecule has 0 saturated heterocycles. The van der Waals surface area contributed by atoms with Crippen molar-refractivity contribution in [3.63, 3.8) is 0 Å². The Kier molecular flexibility index (Phi) is 4.77. The molecule has 3 nitrogen and oxygen atoms in total. The molecule has 0 radical (unpaired) electrons. The number of nitrogens with zero attached hydrogens (tertiary/aromatic N) is 3. The molecular weight excluding hydrogens is 389 g/mol. The lowest BCUT2D eigenvalue weighted by atomic mass is 10.2. The van der Waals surface area contributed by atoms with Crippen molar-refractivity contribution in [1.82, 2.24) is 0 Å². The monoisotopic (exact) mass is 401 g/mol. The maximum atomic E-state index is 6.04. The fraction of sp³-hybridized carbons (Fsp3) is 0.0500. The first kappa shape index (κ1) is 17.2. The van der Waals surface area contributed by atoms with Gasteiger partial charge in [-0.15, -0.1) is 0 Å². The highest BCUT2D eigenvalue weighted by molar-refractivity contribution is 6.31. The molecule has 4 rings (SSSR count). The minimum absolute atomic E-state index is 0.585. The van der Waals surface area contributed by atoms with Crippen molar-refractivity contribution >= 4 is 52.0 Å². The van der Waals surface area contributed by atoms with Crippen molar-refractivity contribution in [1.29, 1.82) is 0 Å². The van der Waals surface area contributed by atoms with E-state index in [4.69, 9.17) is 39.9 Å². The molecule has 0 aliphatic carbocycles. The third-order valence-corrected chi connectivity index (χ3v) is 4.87. The Morgan fingerprint density at radius 1 is 0.615 bits per heavy atom. The van der Waals surface area contributed by atoms with Crippen LogP contribution in [0.2, 0.25) is 15.1 Å². The molecule has 0 amide bonds. The molecule has 3 aromatic rings. The number of halogens is 3. The first-order chi connectivity index (χ1) is 12.6. The molecule has 0 N–H and O–H groups in total. The fourth-order valence-corrected chi connectivity index (χ4v) is 3.17. The number of hydrogen-bond acceptors (Lipinski definition) is 3. The molecule has 0 unspecified atom stereocenters. The smallest absolute Gasteiger partial charge is 0.162 e. The SMILES string of the molecule is Clc1ccc(C2=NN(c3ccc(Cl)cc3)CN2c2ccc(Cl)cc2)cc1. The summed E-state index contributed by atoms with van der Waals surface area (Å²) in [7, 11) is 0. The Bertz CT molecular complexity index is 936. The van der Waals surface area contributed by atoms with Gasteiger partial charge in [0, 0.05) is 26.3 Å². The van der Waals surface area contributed by atoms with Crippen LogP contribution in [0.5, 0.6) is 0 Å². The summed E-state index contributed by atoms with van der Waals surface area (Å²) in [6, 6.07) is 23.0. The number of rotatable bonds is 3. The average Bonchev–Trinajstić information content (AvgIpc) is 3.09. The number of amidine groups is 1. The molecule has 0 atom stereocenters. The van der Waals surface area contributed by atoms with E-state index >= 15 is 0 Å². The van der Waals surface area contributed by atoms with Crippen LogP contribution in [0.25, 0.3) is 0 Å². The zero-order valence-electron chi connectivity index (χ0n) is 13.6. The first-order valence-electron chi connectivity index (χ1n) is 8.01. The van der Waals surface area contributed by atoms with E-state index in [9.17, 15) is 0 Å². The number of hydrazone groups is 1. The summed E-state index contributed by atoms with van der Waals surface area (Å²) in [5, 5.41) is 8.86. The van der Waals surface area contributed by atoms with E-state index in [0.717, 1.165) is 22.8 Å². The van der Waals surface area contributed by atoms with Crippen LogP contribution < -0.4 is 9.91 Å². The van der Waals surface area contributed by atoms with Crippen molar-refractivity contribution in [2.75, 3.05) is 16.6 Å². The van der Waals surface area contributed by atoms with Crippen LogP contribution in [0, 0.1) is 0 Å². The molecule has 0 aromatic heterocycles. The quantitative estimate of drug-likeness (QED) is 0.512. The van der Waals surface area contributed by atoms with Gasteiger partial charge in [-0.3, -0.25) is 0 Å². The Morgan fingerprint density at radius 3 is 1.62 bits per heavy atom. The molecule has 130 valence electrons. The van der Waals surface area contributed by atoms with Gasteiger partial charge >= 0.3 is 0 Å². The largest absolute Gasteiger partial charge is 0.304 e. The standard InChI is InChI=1S/C20H14Cl3N3/c21-15-3-1-14(2-4-15)20-24-26(19-11-7-17(23)8-12-19)13-25(20)18-9-5-16(22)6-10-18/h1-12H,13H2. The van der Waals surface area contributed by atoms with Gasteiger partial charge in [0.05, 0.1) is 5.69 Å². The maximum Gasteiger partial charge on any atom is 0.162 e. The highest BCUT2D eigenvalue weighted by Crippen LogP contribution is 2.29. The van der Waals surface area contributed by atoms with Gasteiger partial charge in [-0.1, -0.05) is 34.8 Å². The van der Waals surface area contributed by atoms with E-state index in [1.807, 2.05) is 77.8 Å². The molecule has 0 spiro atoms. The van der Waals surface area contributed by atoms with Crippen LogP contribution in [-0.4, -0.2) is 12.5 Å². The molecule has 1 heterocycles. The molecule has 0 saturated carbocycles. The highest BCUT2D eigenvalue weighted by atomic mass is 35.5. The number of benzene rings is 3. The van der Waals surface area contributed by atoms with Crippen LogP contribution in [0.4, 0.5) is 11.4 Å². The minimum atomic E-state index is 0.585. The minimum Gasteiger partial charge on any atom is -0.304 e. The molecule has 3 aromatic carbocycles. The van der Waals surface area contributed by atoms with E-state index in [0.29, 0.717) is 21.7 Å². The van der Waals surface area contributed by atoms with Crippen molar-refractivity contribution in [3.8, 4) is 0 Å². The molecule has 0 fully saturated rings. The zero-order valence-corrected chi connectivity index (χ0v) is 15.9. The summed E-state index contributed by atoms with van der Waals surface area (Å²) in [6.07, 6.45) is 0. The second-order valence-corrected chi connectivity index (χ2v) is 7.16. The van der Waals surface area contributed by atoms with Gasteiger partial charge in [0.25, 0.3) is 0 Å². The van der Waals surface area contributed by atoms with E-state index in [-0.39, 0.29) is 0 Å². The number of hydrogen-bond donors (Lipinski definition) is 0. The third kappa shape index (κ3) is 3.51. The van der Waals surface area contributed by atoms with E-state index in [2.05, 4.69) is 4.90 Å². The molecule has 1 aliphatic rings. The Hall–Kier alpha value is -2.20. The predicted molar refractivity (Wildman–Crippen MR) is 111 cm³/mol. The van der Waals surface area contributed by atoms with Gasteiger partial charge in [0.1, 0.15) is 6.67 Å².